The molecule has 1 aliphatic heterocycles. The summed E-state index contributed by atoms with van der Waals surface area (Å²) in [5.74, 6) is 0.309. The molecular weight excluding hydrogens is 376 g/mol. The molecule has 1 aliphatic rings. The van der Waals surface area contributed by atoms with Crippen molar-refractivity contribution >= 4 is 16.9 Å². The average Bonchev–Trinajstić information content (AvgIpc) is 2.80. The molecule has 2 heterocycles. The molecule has 5 heteroatoms. The highest BCUT2D eigenvalue weighted by atomic mass is 16.3. The molecule has 5 nitrogen and oxygen atoms in total. The van der Waals surface area contributed by atoms with Gasteiger partial charge in [-0.3, -0.25) is 9.59 Å². The molecule has 1 amide bonds. The largest absolute Gasteiger partial charge is 0.455 e. The van der Waals surface area contributed by atoms with Gasteiger partial charge >= 0.3 is 0 Å². The topological polar surface area (TPSA) is 62.6 Å². The molecule has 0 radical (unpaired) electrons. The highest BCUT2D eigenvalue weighted by molar-refractivity contribution is 6.05. The zero-order valence-electron chi connectivity index (χ0n) is 17.4. The molecule has 0 bridgehead atoms. The van der Waals surface area contributed by atoms with Crippen LogP contribution >= 0.6 is 0 Å². The fraction of sp³-hybridized carbons (Fsp3) is 0.360. The van der Waals surface area contributed by atoms with Gasteiger partial charge in [0.2, 0.25) is 0 Å². The van der Waals surface area contributed by atoms with E-state index in [2.05, 4.69) is 10.2 Å². The van der Waals surface area contributed by atoms with Crippen molar-refractivity contribution in [3.05, 3.63) is 69.9 Å². The van der Waals surface area contributed by atoms with Crippen LogP contribution in [0.2, 0.25) is 0 Å². The summed E-state index contributed by atoms with van der Waals surface area (Å²) in [6.45, 7) is 5.69. The minimum atomic E-state index is -0.203. The molecule has 0 saturated carbocycles. The summed E-state index contributed by atoms with van der Waals surface area (Å²) >= 11 is 0. The predicted octanol–water partition coefficient (Wildman–Crippen LogP) is 4.37. The second-order valence-electron chi connectivity index (χ2n) is 7.95. The second-order valence-corrected chi connectivity index (χ2v) is 7.95. The number of carbonyl (C=O) groups is 1. The Balaban J connectivity index is 1.55. The zero-order chi connectivity index (χ0) is 20.9. The van der Waals surface area contributed by atoms with E-state index < -0.39 is 0 Å². The van der Waals surface area contributed by atoms with Gasteiger partial charge < -0.3 is 14.6 Å². The Morgan fingerprint density at radius 1 is 1.03 bits per heavy atom. The fourth-order valence-electron chi connectivity index (χ4n) is 4.14. The van der Waals surface area contributed by atoms with Crippen molar-refractivity contribution in [1.29, 1.82) is 0 Å². The predicted molar refractivity (Wildman–Crippen MR) is 120 cm³/mol. The molecule has 1 saturated heterocycles. The molecule has 30 heavy (non-hydrogen) atoms. The smallest absolute Gasteiger partial charge is 0.255 e. The van der Waals surface area contributed by atoms with Gasteiger partial charge in [0.15, 0.2) is 11.0 Å². The molecule has 3 aromatic rings. The van der Waals surface area contributed by atoms with Crippen molar-refractivity contribution in [2.75, 3.05) is 26.2 Å². The summed E-state index contributed by atoms with van der Waals surface area (Å²) in [4.78, 5) is 28.3. The summed E-state index contributed by atoms with van der Waals surface area (Å²) in [5, 5.41) is 3.43. The number of fused-ring (bicyclic) bond motifs is 1. The van der Waals surface area contributed by atoms with Crippen LogP contribution in [-0.4, -0.2) is 37.0 Å². The van der Waals surface area contributed by atoms with E-state index in [0.29, 0.717) is 34.4 Å². The van der Waals surface area contributed by atoms with Crippen molar-refractivity contribution in [3.63, 3.8) is 0 Å². The van der Waals surface area contributed by atoms with Crippen molar-refractivity contribution in [2.45, 2.75) is 32.6 Å². The third-order valence-electron chi connectivity index (χ3n) is 5.81. The maximum Gasteiger partial charge on any atom is 0.255 e. The number of para-hydroxylation sites is 1. The van der Waals surface area contributed by atoms with Gasteiger partial charge in [0.25, 0.3) is 5.91 Å². The van der Waals surface area contributed by atoms with Crippen molar-refractivity contribution in [2.24, 2.45) is 0 Å². The molecular formula is C25H28N2O3. The normalized spacial score (nSPS) is 14.7. The first-order valence-corrected chi connectivity index (χ1v) is 10.8. The summed E-state index contributed by atoms with van der Waals surface area (Å²) in [7, 11) is 0. The molecule has 0 spiro atoms. The monoisotopic (exact) mass is 404 g/mol. The molecule has 1 N–H and O–H groups in total. The number of hydrogen-bond acceptors (Lipinski definition) is 4. The lowest BCUT2D eigenvalue weighted by molar-refractivity contribution is 0.0951. The zero-order valence-corrected chi connectivity index (χ0v) is 17.4. The van der Waals surface area contributed by atoms with E-state index in [1.807, 2.05) is 30.3 Å². The van der Waals surface area contributed by atoms with Gasteiger partial charge in [-0.1, -0.05) is 42.8 Å². The summed E-state index contributed by atoms with van der Waals surface area (Å²) in [5.41, 5.74) is 2.02. The van der Waals surface area contributed by atoms with Crippen LogP contribution in [0, 0.1) is 6.92 Å². The van der Waals surface area contributed by atoms with E-state index in [1.54, 1.807) is 25.1 Å². The van der Waals surface area contributed by atoms with E-state index in [4.69, 9.17) is 4.42 Å². The number of benzene rings is 2. The Bertz CT molecular complexity index is 1080. The third-order valence-corrected chi connectivity index (χ3v) is 5.81. The number of rotatable bonds is 6. The summed E-state index contributed by atoms with van der Waals surface area (Å²) < 4.78 is 6.14. The number of likely N-dealkylation sites (tertiary alicyclic amines) is 1. The van der Waals surface area contributed by atoms with Crippen molar-refractivity contribution in [1.82, 2.24) is 10.2 Å². The Morgan fingerprint density at radius 3 is 2.57 bits per heavy atom. The van der Waals surface area contributed by atoms with Gasteiger partial charge in [0, 0.05) is 17.7 Å². The summed E-state index contributed by atoms with van der Waals surface area (Å²) in [6.07, 6.45) is 4.77. The van der Waals surface area contributed by atoms with E-state index >= 15 is 0 Å². The van der Waals surface area contributed by atoms with Crippen LogP contribution in [0.5, 0.6) is 0 Å². The van der Waals surface area contributed by atoms with Gasteiger partial charge in [0.1, 0.15) is 5.76 Å². The lowest BCUT2D eigenvalue weighted by atomic mass is 10.0. The molecule has 0 aliphatic carbocycles. The first-order valence-electron chi connectivity index (χ1n) is 10.8. The highest BCUT2D eigenvalue weighted by Gasteiger charge is 2.18. The maximum absolute atomic E-state index is 12.9. The van der Waals surface area contributed by atoms with Crippen LogP contribution in [0.3, 0.4) is 0 Å². The Hall–Kier alpha value is -2.92. The van der Waals surface area contributed by atoms with Crippen LogP contribution in [0.4, 0.5) is 0 Å². The number of amides is 1. The number of nitrogens with zero attached hydrogens (tertiary/aromatic N) is 1. The van der Waals surface area contributed by atoms with Crippen molar-refractivity contribution in [3.8, 4) is 11.3 Å². The third kappa shape index (κ3) is 4.31. The van der Waals surface area contributed by atoms with Gasteiger partial charge in [-0.15, -0.1) is 0 Å². The number of hydrogen-bond donors (Lipinski definition) is 1. The molecule has 156 valence electrons. The average molecular weight is 405 g/mol. The maximum atomic E-state index is 12.9. The standard InChI is InChI=1S/C25H28N2O3/c1-18-22(28)20-12-8-13-21(24(20)30-23(18)19-10-4-2-5-11-19)25(29)26-14-9-17-27-15-6-3-7-16-27/h2,4-5,8,10-13H,3,6-7,9,14-17H2,1H3,(H,26,29). The lowest BCUT2D eigenvalue weighted by Gasteiger charge is -2.26. The molecule has 1 fully saturated rings. The number of carbonyl (C=O) groups excluding carboxylic acids is 1. The Labute approximate surface area is 176 Å². The Morgan fingerprint density at radius 2 is 1.80 bits per heavy atom. The van der Waals surface area contributed by atoms with Crippen LogP contribution in [0.25, 0.3) is 22.3 Å². The van der Waals surface area contributed by atoms with E-state index in [1.165, 1.54) is 19.3 Å². The van der Waals surface area contributed by atoms with E-state index in [9.17, 15) is 9.59 Å². The number of piperidine rings is 1. The van der Waals surface area contributed by atoms with E-state index in [0.717, 1.165) is 31.6 Å². The molecule has 0 atom stereocenters. The minimum Gasteiger partial charge on any atom is -0.455 e. The van der Waals surface area contributed by atoms with Gasteiger partial charge in [-0.05, 0) is 58.0 Å². The van der Waals surface area contributed by atoms with Crippen LogP contribution in [0.1, 0.15) is 41.6 Å². The first-order chi connectivity index (χ1) is 14.6. The molecule has 4 rings (SSSR count). The first kappa shape index (κ1) is 20.4. The SMILES string of the molecule is Cc1c(-c2ccccc2)oc2c(C(=O)NCCCN3CCCCC3)cccc2c1=O. The van der Waals surface area contributed by atoms with Gasteiger partial charge in [-0.25, -0.2) is 0 Å². The van der Waals surface area contributed by atoms with Gasteiger partial charge in [0.05, 0.1) is 10.9 Å². The number of nitrogens with one attached hydrogen (secondary N) is 1. The molecule has 0 unspecified atom stereocenters. The minimum absolute atomic E-state index is 0.102. The van der Waals surface area contributed by atoms with Gasteiger partial charge in [-0.2, -0.15) is 0 Å². The van der Waals surface area contributed by atoms with Crippen LogP contribution in [0.15, 0.2) is 57.7 Å². The van der Waals surface area contributed by atoms with Crippen LogP contribution < -0.4 is 10.7 Å². The fourth-order valence-corrected chi connectivity index (χ4v) is 4.14. The quantitative estimate of drug-likeness (QED) is 0.620. The summed E-state index contributed by atoms with van der Waals surface area (Å²) in [6, 6.07) is 14.7. The van der Waals surface area contributed by atoms with Crippen LogP contribution in [-0.2, 0) is 0 Å². The van der Waals surface area contributed by atoms with Crippen molar-refractivity contribution < 1.29 is 9.21 Å². The lowest BCUT2D eigenvalue weighted by Crippen LogP contribution is -2.33. The second kappa shape index (κ2) is 9.26. The highest BCUT2D eigenvalue weighted by Crippen LogP contribution is 2.27. The van der Waals surface area contributed by atoms with E-state index in [-0.39, 0.29) is 11.3 Å². The Kier molecular flexibility index (Phi) is 6.29. The molecule has 1 aromatic heterocycles. The molecule has 2 aromatic carbocycles.